The lowest BCUT2D eigenvalue weighted by molar-refractivity contribution is 0.415. The van der Waals surface area contributed by atoms with Gasteiger partial charge in [-0.15, -0.1) is 0 Å². The van der Waals surface area contributed by atoms with Crippen LogP contribution in [0.5, 0.6) is 5.75 Å². The number of aryl methyl sites for hydroxylation is 1. The molecule has 1 N–H and O–H groups in total. The summed E-state index contributed by atoms with van der Waals surface area (Å²) >= 11 is 0. The molecule has 0 fully saturated rings. The van der Waals surface area contributed by atoms with Gasteiger partial charge >= 0.3 is 0 Å². The molecule has 0 spiro atoms. The van der Waals surface area contributed by atoms with Crippen LogP contribution in [0.4, 0.5) is 15.8 Å². The standard InChI is InChI=1S/C15H13FN2O/c1-10-3-5-12(16)7-14(10)18-15-8-13(19-2)6-4-11(15)9-17/h3-8,18H,1-2H3. The second kappa shape index (κ2) is 5.40. The molecule has 0 atom stereocenters. The second-order valence-corrected chi connectivity index (χ2v) is 4.11. The van der Waals surface area contributed by atoms with Crippen LogP contribution in [-0.4, -0.2) is 7.11 Å². The highest BCUT2D eigenvalue weighted by Crippen LogP contribution is 2.27. The molecule has 96 valence electrons. The Hall–Kier alpha value is -2.54. The number of anilines is 2. The predicted octanol–water partition coefficient (Wildman–Crippen LogP) is 3.76. The second-order valence-electron chi connectivity index (χ2n) is 4.11. The highest BCUT2D eigenvalue weighted by atomic mass is 19.1. The summed E-state index contributed by atoms with van der Waals surface area (Å²) in [6.45, 7) is 1.87. The number of nitrogens with zero attached hydrogens (tertiary/aromatic N) is 1. The van der Waals surface area contributed by atoms with Crippen molar-refractivity contribution in [3.05, 3.63) is 53.3 Å². The zero-order valence-corrected chi connectivity index (χ0v) is 10.7. The van der Waals surface area contributed by atoms with Gasteiger partial charge in [0.1, 0.15) is 17.6 Å². The zero-order chi connectivity index (χ0) is 13.8. The Morgan fingerprint density at radius 3 is 2.63 bits per heavy atom. The van der Waals surface area contributed by atoms with Crippen molar-refractivity contribution >= 4 is 11.4 Å². The van der Waals surface area contributed by atoms with Crippen LogP contribution < -0.4 is 10.1 Å². The van der Waals surface area contributed by atoms with Crippen molar-refractivity contribution < 1.29 is 9.13 Å². The monoisotopic (exact) mass is 256 g/mol. The average molecular weight is 256 g/mol. The first-order chi connectivity index (χ1) is 9.13. The minimum atomic E-state index is -0.325. The van der Waals surface area contributed by atoms with Gasteiger partial charge in [0.05, 0.1) is 18.4 Å². The van der Waals surface area contributed by atoms with Crippen molar-refractivity contribution in [2.45, 2.75) is 6.92 Å². The van der Waals surface area contributed by atoms with Crippen molar-refractivity contribution in [2.24, 2.45) is 0 Å². The molecule has 0 aliphatic rings. The number of benzene rings is 2. The van der Waals surface area contributed by atoms with Gasteiger partial charge in [-0.25, -0.2) is 4.39 Å². The number of nitriles is 1. The van der Waals surface area contributed by atoms with E-state index in [-0.39, 0.29) is 5.82 Å². The molecule has 4 heteroatoms. The van der Waals surface area contributed by atoms with Crippen LogP contribution in [0.1, 0.15) is 11.1 Å². The van der Waals surface area contributed by atoms with Gasteiger partial charge in [0.25, 0.3) is 0 Å². The maximum atomic E-state index is 13.2. The van der Waals surface area contributed by atoms with Crippen molar-refractivity contribution in [1.82, 2.24) is 0 Å². The largest absolute Gasteiger partial charge is 0.497 e. The summed E-state index contributed by atoms with van der Waals surface area (Å²) < 4.78 is 18.4. The predicted molar refractivity (Wildman–Crippen MR) is 72.1 cm³/mol. The van der Waals surface area contributed by atoms with Gasteiger partial charge in [-0.1, -0.05) is 6.07 Å². The molecule has 0 saturated carbocycles. The molecule has 2 aromatic rings. The van der Waals surface area contributed by atoms with E-state index in [2.05, 4.69) is 11.4 Å². The van der Waals surface area contributed by atoms with Gasteiger partial charge in [-0.2, -0.15) is 5.26 Å². The Bertz CT molecular complexity index is 647. The molecule has 0 bridgehead atoms. The normalized spacial score (nSPS) is 9.79. The third kappa shape index (κ3) is 2.83. The van der Waals surface area contributed by atoms with E-state index in [4.69, 9.17) is 10.00 Å². The van der Waals surface area contributed by atoms with E-state index >= 15 is 0 Å². The van der Waals surface area contributed by atoms with Crippen LogP contribution in [0.25, 0.3) is 0 Å². The van der Waals surface area contributed by atoms with Crippen LogP contribution in [0.15, 0.2) is 36.4 Å². The molecular weight excluding hydrogens is 243 g/mol. The van der Waals surface area contributed by atoms with E-state index in [1.807, 2.05) is 6.92 Å². The van der Waals surface area contributed by atoms with Gasteiger partial charge < -0.3 is 10.1 Å². The highest BCUT2D eigenvalue weighted by Gasteiger charge is 2.07. The van der Waals surface area contributed by atoms with Crippen LogP contribution in [-0.2, 0) is 0 Å². The Kier molecular flexibility index (Phi) is 3.67. The fraction of sp³-hybridized carbons (Fsp3) is 0.133. The number of hydrogen-bond acceptors (Lipinski definition) is 3. The van der Waals surface area contributed by atoms with E-state index in [0.29, 0.717) is 22.7 Å². The lowest BCUT2D eigenvalue weighted by Gasteiger charge is -2.12. The van der Waals surface area contributed by atoms with Gasteiger partial charge in [0.15, 0.2) is 0 Å². The number of halogens is 1. The van der Waals surface area contributed by atoms with Gasteiger partial charge in [0.2, 0.25) is 0 Å². The van der Waals surface area contributed by atoms with E-state index in [0.717, 1.165) is 5.56 Å². The molecular formula is C15H13FN2O. The van der Waals surface area contributed by atoms with Crippen LogP contribution in [0.3, 0.4) is 0 Å². The molecule has 2 aromatic carbocycles. The number of ether oxygens (including phenoxy) is 1. The van der Waals surface area contributed by atoms with E-state index in [9.17, 15) is 4.39 Å². The molecule has 0 aliphatic carbocycles. The third-order valence-corrected chi connectivity index (χ3v) is 2.82. The maximum Gasteiger partial charge on any atom is 0.125 e. The van der Waals surface area contributed by atoms with Crippen LogP contribution in [0, 0.1) is 24.1 Å². The number of hydrogen-bond donors (Lipinski definition) is 1. The van der Waals surface area contributed by atoms with E-state index in [1.165, 1.54) is 12.1 Å². The molecule has 0 heterocycles. The summed E-state index contributed by atoms with van der Waals surface area (Å²) in [4.78, 5) is 0. The minimum absolute atomic E-state index is 0.325. The van der Waals surface area contributed by atoms with Gasteiger partial charge in [-0.3, -0.25) is 0 Å². The van der Waals surface area contributed by atoms with Gasteiger partial charge in [-0.05, 0) is 36.8 Å². The molecule has 3 nitrogen and oxygen atoms in total. The first kappa shape index (κ1) is 12.9. The molecule has 0 radical (unpaired) electrons. The lowest BCUT2D eigenvalue weighted by atomic mass is 10.1. The first-order valence-electron chi connectivity index (χ1n) is 5.75. The SMILES string of the molecule is COc1ccc(C#N)c(Nc2cc(F)ccc2C)c1. The van der Waals surface area contributed by atoms with E-state index < -0.39 is 0 Å². The Morgan fingerprint density at radius 2 is 1.95 bits per heavy atom. The average Bonchev–Trinajstić information content (AvgIpc) is 2.42. The smallest absolute Gasteiger partial charge is 0.125 e. The summed E-state index contributed by atoms with van der Waals surface area (Å²) in [5.74, 6) is 0.310. The quantitative estimate of drug-likeness (QED) is 0.909. The fourth-order valence-corrected chi connectivity index (χ4v) is 1.73. The van der Waals surface area contributed by atoms with Gasteiger partial charge in [0, 0.05) is 11.8 Å². The topological polar surface area (TPSA) is 45.0 Å². The molecule has 0 aromatic heterocycles. The maximum absolute atomic E-state index is 13.2. The molecule has 2 rings (SSSR count). The lowest BCUT2D eigenvalue weighted by Crippen LogP contribution is -1.97. The Balaban J connectivity index is 2.42. The van der Waals surface area contributed by atoms with Crippen LogP contribution in [0.2, 0.25) is 0 Å². The number of methoxy groups -OCH3 is 1. The minimum Gasteiger partial charge on any atom is -0.497 e. The first-order valence-corrected chi connectivity index (χ1v) is 5.75. The highest BCUT2D eigenvalue weighted by molar-refractivity contribution is 5.70. The van der Waals surface area contributed by atoms with Crippen molar-refractivity contribution in [1.29, 1.82) is 5.26 Å². The summed E-state index contributed by atoms with van der Waals surface area (Å²) in [6.07, 6.45) is 0. The number of rotatable bonds is 3. The molecule has 0 aliphatic heterocycles. The molecule has 0 unspecified atom stereocenters. The third-order valence-electron chi connectivity index (χ3n) is 2.82. The van der Waals surface area contributed by atoms with Crippen LogP contribution >= 0.6 is 0 Å². The summed E-state index contributed by atoms with van der Waals surface area (Å²) in [6, 6.07) is 11.7. The Labute approximate surface area is 111 Å². The molecule has 0 saturated heterocycles. The fourth-order valence-electron chi connectivity index (χ4n) is 1.73. The molecule has 19 heavy (non-hydrogen) atoms. The number of nitrogens with one attached hydrogen (secondary N) is 1. The Morgan fingerprint density at radius 1 is 1.16 bits per heavy atom. The summed E-state index contributed by atoms with van der Waals surface area (Å²) in [5.41, 5.74) is 2.60. The van der Waals surface area contributed by atoms with E-state index in [1.54, 1.807) is 31.4 Å². The summed E-state index contributed by atoms with van der Waals surface area (Å²) in [5, 5.41) is 12.1. The van der Waals surface area contributed by atoms with Crippen molar-refractivity contribution in [3.63, 3.8) is 0 Å². The summed E-state index contributed by atoms with van der Waals surface area (Å²) in [7, 11) is 1.55. The zero-order valence-electron chi connectivity index (χ0n) is 10.7. The van der Waals surface area contributed by atoms with Crippen molar-refractivity contribution in [2.75, 3.05) is 12.4 Å². The molecule has 0 amide bonds. The van der Waals surface area contributed by atoms with Crippen molar-refractivity contribution in [3.8, 4) is 11.8 Å².